The molecule has 3 aromatic rings. The number of benzene rings is 1. The zero-order valence-corrected chi connectivity index (χ0v) is 16.7. The minimum atomic E-state index is -0.0375. The number of thiophene rings is 1. The molecule has 142 valence electrons. The quantitative estimate of drug-likeness (QED) is 0.600. The van der Waals surface area contributed by atoms with Gasteiger partial charge < -0.3 is 15.5 Å². The van der Waals surface area contributed by atoms with E-state index in [9.17, 15) is 4.79 Å². The molecule has 2 aromatic heterocycles. The molecule has 0 bridgehead atoms. The number of anilines is 1. The zero-order valence-electron chi connectivity index (χ0n) is 15.1. The molecule has 1 saturated heterocycles. The summed E-state index contributed by atoms with van der Waals surface area (Å²) in [5.74, 6) is -0.0276. The van der Waals surface area contributed by atoms with Crippen LogP contribution in [0.25, 0.3) is 0 Å². The van der Waals surface area contributed by atoms with Crippen molar-refractivity contribution in [3.8, 4) is 0 Å². The van der Waals surface area contributed by atoms with Crippen molar-refractivity contribution in [2.24, 2.45) is 0 Å². The van der Waals surface area contributed by atoms with Crippen molar-refractivity contribution in [2.75, 3.05) is 11.9 Å². The molecule has 2 atom stereocenters. The van der Waals surface area contributed by atoms with Crippen LogP contribution in [0.15, 0.2) is 72.2 Å². The molecule has 1 fully saturated rings. The van der Waals surface area contributed by atoms with Crippen LogP contribution in [0.2, 0.25) is 0 Å². The van der Waals surface area contributed by atoms with Crippen molar-refractivity contribution in [1.29, 1.82) is 0 Å². The topological polar surface area (TPSA) is 57.3 Å². The summed E-state index contributed by atoms with van der Waals surface area (Å²) in [7, 11) is 0. The van der Waals surface area contributed by atoms with E-state index >= 15 is 0 Å². The molecule has 1 aliphatic heterocycles. The monoisotopic (exact) mass is 408 g/mol. The zero-order chi connectivity index (χ0) is 19.3. The fourth-order valence-corrected chi connectivity index (χ4v) is 4.59. The molecule has 1 aliphatic rings. The molecule has 0 radical (unpaired) electrons. The Morgan fingerprint density at radius 1 is 1.14 bits per heavy atom. The van der Waals surface area contributed by atoms with Gasteiger partial charge in [-0.3, -0.25) is 9.78 Å². The van der Waals surface area contributed by atoms with Crippen molar-refractivity contribution >= 4 is 40.3 Å². The molecule has 2 N–H and O–H groups in total. The first-order valence-electron chi connectivity index (χ1n) is 9.09. The van der Waals surface area contributed by atoms with E-state index in [1.165, 1.54) is 4.88 Å². The molecule has 28 heavy (non-hydrogen) atoms. The highest BCUT2D eigenvalue weighted by molar-refractivity contribution is 7.80. The lowest BCUT2D eigenvalue weighted by Crippen LogP contribution is -2.32. The summed E-state index contributed by atoms with van der Waals surface area (Å²) in [6, 6.07) is 19.5. The van der Waals surface area contributed by atoms with Crippen molar-refractivity contribution in [2.45, 2.75) is 18.5 Å². The summed E-state index contributed by atoms with van der Waals surface area (Å²) >= 11 is 7.30. The second kappa shape index (κ2) is 8.50. The van der Waals surface area contributed by atoms with E-state index in [2.05, 4.69) is 32.0 Å². The number of hydrogen-bond acceptors (Lipinski definition) is 4. The van der Waals surface area contributed by atoms with Crippen LogP contribution in [0.5, 0.6) is 0 Å². The Balaban J connectivity index is 1.50. The second-order valence-corrected chi connectivity index (χ2v) is 7.87. The van der Waals surface area contributed by atoms with Crippen LogP contribution in [0.4, 0.5) is 5.69 Å². The van der Waals surface area contributed by atoms with Gasteiger partial charge in [-0.2, -0.15) is 0 Å². The summed E-state index contributed by atoms with van der Waals surface area (Å²) < 4.78 is 0. The number of nitrogens with one attached hydrogen (secondary N) is 2. The van der Waals surface area contributed by atoms with Crippen molar-refractivity contribution in [3.05, 3.63) is 82.8 Å². The number of amides is 1. The number of pyridine rings is 1. The van der Waals surface area contributed by atoms with Gasteiger partial charge in [-0.25, -0.2) is 0 Å². The van der Waals surface area contributed by atoms with Gasteiger partial charge in [-0.1, -0.05) is 30.3 Å². The van der Waals surface area contributed by atoms with E-state index in [4.69, 9.17) is 12.2 Å². The number of thiocarbonyl (C=S) groups is 1. The molecular formula is C21H20N4OS2. The molecule has 7 heteroatoms. The maximum absolute atomic E-state index is 12.4. The second-order valence-electron chi connectivity index (χ2n) is 6.50. The number of nitrogens with zero attached hydrogens (tertiary/aromatic N) is 2. The van der Waals surface area contributed by atoms with Gasteiger partial charge in [0.2, 0.25) is 5.91 Å². The van der Waals surface area contributed by atoms with Gasteiger partial charge in [0.25, 0.3) is 0 Å². The summed E-state index contributed by atoms with van der Waals surface area (Å²) in [5.41, 5.74) is 1.75. The Hall–Kier alpha value is -2.77. The molecule has 0 saturated carbocycles. The molecule has 1 amide bonds. The number of carbonyl (C=O) groups excluding carboxylic acids is 1. The third kappa shape index (κ3) is 4.05. The molecular weight excluding hydrogens is 388 g/mol. The molecule has 0 spiro atoms. The van der Waals surface area contributed by atoms with Crippen LogP contribution in [-0.4, -0.2) is 27.4 Å². The fourth-order valence-electron chi connectivity index (χ4n) is 3.38. The highest BCUT2D eigenvalue weighted by Crippen LogP contribution is 2.40. The number of hydrogen-bond donors (Lipinski definition) is 2. The van der Waals surface area contributed by atoms with Gasteiger partial charge >= 0.3 is 0 Å². The van der Waals surface area contributed by atoms with Crippen LogP contribution in [0, 0.1) is 0 Å². The predicted molar refractivity (Wildman–Crippen MR) is 116 cm³/mol. The maximum Gasteiger partial charge on any atom is 0.226 e. The molecule has 4 rings (SSSR count). The van der Waals surface area contributed by atoms with Crippen LogP contribution < -0.4 is 10.6 Å². The summed E-state index contributed by atoms with van der Waals surface area (Å²) in [4.78, 5) is 20.2. The Bertz CT molecular complexity index is 932. The Labute approximate surface area is 173 Å². The van der Waals surface area contributed by atoms with Crippen LogP contribution in [0.3, 0.4) is 0 Å². The Morgan fingerprint density at radius 3 is 2.68 bits per heavy atom. The molecule has 0 aliphatic carbocycles. The summed E-state index contributed by atoms with van der Waals surface area (Å²) in [5, 5.41) is 9.05. The lowest BCUT2D eigenvalue weighted by Gasteiger charge is -2.26. The van der Waals surface area contributed by atoms with Crippen LogP contribution in [-0.2, 0) is 4.79 Å². The first-order valence-corrected chi connectivity index (χ1v) is 10.4. The van der Waals surface area contributed by atoms with Crippen molar-refractivity contribution in [1.82, 2.24) is 15.2 Å². The van der Waals surface area contributed by atoms with Gasteiger partial charge in [-0.05, 0) is 47.9 Å². The minimum absolute atomic E-state index is 0.0203. The third-order valence-corrected chi connectivity index (χ3v) is 5.97. The normalized spacial score (nSPS) is 18.7. The average molecular weight is 409 g/mol. The predicted octanol–water partition coefficient (Wildman–Crippen LogP) is 4.14. The standard InChI is InChI=1S/C21H20N4OS2/c26-18(23-15-7-2-1-3-8-15)11-13-25-20(17-10-6-14-28-17)19(24-21(25)27)16-9-4-5-12-22-16/h1-10,12,14,19-20H,11,13H2,(H,23,26)(H,24,27)/t19-,20+/m0/s1. The lowest BCUT2D eigenvalue weighted by atomic mass is 10.0. The van der Waals surface area contributed by atoms with E-state index in [0.29, 0.717) is 18.1 Å². The number of aromatic nitrogens is 1. The van der Waals surface area contributed by atoms with E-state index in [0.717, 1.165) is 11.4 Å². The van der Waals surface area contributed by atoms with E-state index in [1.807, 2.05) is 54.6 Å². The van der Waals surface area contributed by atoms with Crippen LogP contribution in [0.1, 0.15) is 29.1 Å². The van der Waals surface area contributed by atoms with Gasteiger partial charge in [0.15, 0.2) is 5.11 Å². The molecule has 0 unspecified atom stereocenters. The van der Waals surface area contributed by atoms with E-state index in [1.54, 1.807) is 17.5 Å². The average Bonchev–Trinajstić information content (AvgIpc) is 3.35. The van der Waals surface area contributed by atoms with Crippen molar-refractivity contribution < 1.29 is 4.79 Å². The van der Waals surface area contributed by atoms with Crippen LogP contribution >= 0.6 is 23.6 Å². The van der Waals surface area contributed by atoms with Gasteiger partial charge in [-0.15, -0.1) is 11.3 Å². The minimum Gasteiger partial charge on any atom is -0.352 e. The SMILES string of the molecule is O=C(CCN1C(=S)N[C@@H](c2ccccn2)[C@H]1c1cccs1)Nc1ccccc1. The first kappa shape index (κ1) is 18.6. The summed E-state index contributed by atoms with van der Waals surface area (Å²) in [6.07, 6.45) is 2.15. The smallest absolute Gasteiger partial charge is 0.226 e. The highest BCUT2D eigenvalue weighted by atomic mass is 32.1. The lowest BCUT2D eigenvalue weighted by molar-refractivity contribution is -0.116. The Morgan fingerprint density at radius 2 is 1.96 bits per heavy atom. The number of rotatable bonds is 6. The third-order valence-electron chi connectivity index (χ3n) is 4.67. The fraction of sp³-hybridized carbons (Fsp3) is 0.190. The molecule has 5 nitrogen and oxygen atoms in total. The van der Waals surface area contributed by atoms with Gasteiger partial charge in [0.05, 0.1) is 17.8 Å². The molecule has 1 aromatic carbocycles. The summed E-state index contributed by atoms with van der Waals surface area (Å²) in [6.45, 7) is 0.538. The van der Waals surface area contributed by atoms with Gasteiger partial charge in [0.1, 0.15) is 0 Å². The first-order chi connectivity index (χ1) is 13.7. The Kier molecular flexibility index (Phi) is 5.64. The largest absolute Gasteiger partial charge is 0.352 e. The number of carbonyl (C=O) groups is 1. The molecule has 3 heterocycles. The van der Waals surface area contributed by atoms with E-state index < -0.39 is 0 Å². The maximum atomic E-state index is 12.4. The number of para-hydroxylation sites is 1. The van der Waals surface area contributed by atoms with Crippen molar-refractivity contribution in [3.63, 3.8) is 0 Å². The highest BCUT2D eigenvalue weighted by Gasteiger charge is 2.40. The van der Waals surface area contributed by atoms with Gasteiger partial charge in [0, 0.05) is 29.7 Å². The van der Waals surface area contributed by atoms with E-state index in [-0.39, 0.29) is 18.0 Å².